The van der Waals surface area contributed by atoms with Gasteiger partial charge in [-0.2, -0.15) is 13.2 Å². The van der Waals surface area contributed by atoms with Gasteiger partial charge in [-0.1, -0.05) is 13.8 Å². The lowest BCUT2D eigenvalue weighted by molar-refractivity contribution is -0.177. The van der Waals surface area contributed by atoms with Crippen LogP contribution in [0.15, 0.2) is 0 Å². The topological polar surface area (TPSA) is 15.3 Å². The Labute approximate surface area is 95.2 Å². The maximum atomic E-state index is 12.7. The lowest BCUT2D eigenvalue weighted by atomic mass is 10.1. The fourth-order valence-electron chi connectivity index (χ4n) is 2.29. The van der Waals surface area contributed by atoms with Crippen molar-refractivity contribution in [1.82, 2.24) is 10.2 Å². The van der Waals surface area contributed by atoms with E-state index < -0.39 is 12.1 Å². The molecule has 0 aromatic rings. The first kappa shape index (κ1) is 13.8. The van der Waals surface area contributed by atoms with Gasteiger partial charge in [0, 0.05) is 32.2 Å². The molecular weight excluding hydrogens is 217 g/mol. The van der Waals surface area contributed by atoms with Crippen LogP contribution in [0.25, 0.3) is 0 Å². The quantitative estimate of drug-likeness (QED) is 0.811. The van der Waals surface area contributed by atoms with Gasteiger partial charge in [-0.05, 0) is 12.8 Å². The maximum absolute atomic E-state index is 12.7. The standard InChI is InChI=1S/C11H21F3N2/c1-3-10(4-2)16-6-5-15-7-9(8-16)11(12,13)14/h9-10,15H,3-8H2,1-2H3. The first-order valence-electron chi connectivity index (χ1n) is 6.00. The van der Waals surface area contributed by atoms with E-state index in [1.807, 2.05) is 18.7 Å². The fraction of sp³-hybridized carbons (Fsp3) is 1.00. The van der Waals surface area contributed by atoms with Crippen LogP contribution in [0.2, 0.25) is 0 Å². The smallest absolute Gasteiger partial charge is 0.315 e. The first-order valence-corrected chi connectivity index (χ1v) is 6.00. The highest BCUT2D eigenvalue weighted by atomic mass is 19.4. The first-order chi connectivity index (χ1) is 7.49. The van der Waals surface area contributed by atoms with Crippen molar-refractivity contribution in [3.05, 3.63) is 0 Å². The van der Waals surface area contributed by atoms with Crippen molar-refractivity contribution in [2.45, 2.75) is 38.9 Å². The van der Waals surface area contributed by atoms with Crippen LogP contribution in [0, 0.1) is 5.92 Å². The zero-order chi connectivity index (χ0) is 12.2. The molecule has 0 bridgehead atoms. The van der Waals surface area contributed by atoms with Crippen molar-refractivity contribution < 1.29 is 13.2 Å². The lowest BCUT2D eigenvalue weighted by Gasteiger charge is -2.31. The number of hydrogen-bond donors (Lipinski definition) is 1. The van der Waals surface area contributed by atoms with Gasteiger partial charge < -0.3 is 5.32 Å². The van der Waals surface area contributed by atoms with Crippen molar-refractivity contribution in [3.8, 4) is 0 Å². The van der Waals surface area contributed by atoms with Gasteiger partial charge in [0.25, 0.3) is 0 Å². The highest BCUT2D eigenvalue weighted by Crippen LogP contribution is 2.28. The molecule has 0 saturated carbocycles. The Morgan fingerprint density at radius 2 is 1.94 bits per heavy atom. The molecule has 1 heterocycles. The van der Waals surface area contributed by atoms with Crippen LogP contribution in [-0.4, -0.2) is 43.3 Å². The molecule has 0 amide bonds. The van der Waals surface area contributed by atoms with Crippen LogP contribution in [-0.2, 0) is 0 Å². The third kappa shape index (κ3) is 3.63. The number of rotatable bonds is 3. The molecule has 2 nitrogen and oxygen atoms in total. The summed E-state index contributed by atoms with van der Waals surface area (Å²) in [6.45, 7) is 5.65. The Morgan fingerprint density at radius 3 is 2.44 bits per heavy atom. The zero-order valence-electron chi connectivity index (χ0n) is 9.98. The van der Waals surface area contributed by atoms with E-state index in [-0.39, 0.29) is 19.1 Å². The average Bonchev–Trinajstić information content (AvgIpc) is 2.45. The summed E-state index contributed by atoms with van der Waals surface area (Å²) in [6, 6.07) is 0.282. The van der Waals surface area contributed by atoms with Crippen LogP contribution in [0.3, 0.4) is 0 Å². The number of hydrogen-bond acceptors (Lipinski definition) is 2. The molecule has 1 unspecified atom stereocenters. The molecule has 1 saturated heterocycles. The molecule has 96 valence electrons. The minimum Gasteiger partial charge on any atom is -0.315 e. The molecule has 1 aliphatic heterocycles. The predicted octanol–water partition coefficient (Wildman–Crippen LogP) is 2.26. The number of nitrogens with one attached hydrogen (secondary N) is 1. The van der Waals surface area contributed by atoms with Crippen molar-refractivity contribution >= 4 is 0 Å². The molecule has 0 aliphatic carbocycles. The van der Waals surface area contributed by atoms with E-state index in [2.05, 4.69) is 5.32 Å². The molecule has 1 N–H and O–H groups in total. The van der Waals surface area contributed by atoms with E-state index in [1.165, 1.54) is 0 Å². The van der Waals surface area contributed by atoms with Gasteiger partial charge in [-0.25, -0.2) is 0 Å². The van der Waals surface area contributed by atoms with E-state index in [0.29, 0.717) is 6.54 Å². The summed E-state index contributed by atoms with van der Waals surface area (Å²) in [7, 11) is 0. The summed E-state index contributed by atoms with van der Waals surface area (Å²) in [6.07, 6.45) is -2.25. The maximum Gasteiger partial charge on any atom is 0.394 e. The summed E-state index contributed by atoms with van der Waals surface area (Å²) in [4.78, 5) is 1.98. The van der Waals surface area contributed by atoms with Crippen LogP contribution >= 0.6 is 0 Å². The molecule has 0 radical (unpaired) electrons. The third-order valence-electron chi connectivity index (χ3n) is 3.34. The van der Waals surface area contributed by atoms with Gasteiger partial charge in [0.1, 0.15) is 0 Å². The van der Waals surface area contributed by atoms with Gasteiger partial charge in [0.05, 0.1) is 5.92 Å². The van der Waals surface area contributed by atoms with Gasteiger partial charge in [-0.15, -0.1) is 0 Å². The molecule has 5 heteroatoms. The van der Waals surface area contributed by atoms with Crippen LogP contribution in [0.5, 0.6) is 0 Å². The monoisotopic (exact) mass is 238 g/mol. The summed E-state index contributed by atoms with van der Waals surface area (Å²) in [5.74, 6) is -1.23. The van der Waals surface area contributed by atoms with E-state index in [1.54, 1.807) is 0 Å². The average molecular weight is 238 g/mol. The van der Waals surface area contributed by atoms with Crippen molar-refractivity contribution in [3.63, 3.8) is 0 Å². The summed E-state index contributed by atoms with van der Waals surface area (Å²) in [5, 5.41) is 2.88. The van der Waals surface area contributed by atoms with E-state index >= 15 is 0 Å². The molecule has 0 aromatic carbocycles. The van der Waals surface area contributed by atoms with Crippen LogP contribution in [0.4, 0.5) is 13.2 Å². The van der Waals surface area contributed by atoms with Gasteiger partial charge in [0.15, 0.2) is 0 Å². The second-order valence-corrected chi connectivity index (χ2v) is 4.41. The molecule has 0 spiro atoms. The summed E-state index contributed by atoms with van der Waals surface area (Å²) < 4.78 is 38.1. The predicted molar refractivity (Wildman–Crippen MR) is 58.4 cm³/mol. The van der Waals surface area contributed by atoms with Gasteiger partial charge in [-0.3, -0.25) is 4.90 Å². The molecule has 0 aromatic heterocycles. The van der Waals surface area contributed by atoms with Gasteiger partial charge >= 0.3 is 6.18 Å². The molecule has 1 aliphatic rings. The highest BCUT2D eigenvalue weighted by Gasteiger charge is 2.41. The second kappa shape index (κ2) is 5.87. The number of halogens is 3. The molecule has 1 fully saturated rings. The Balaban J connectivity index is 2.65. The molecule has 1 atom stereocenters. The second-order valence-electron chi connectivity index (χ2n) is 4.41. The van der Waals surface area contributed by atoms with E-state index in [0.717, 1.165) is 19.4 Å². The molecular formula is C11H21F3N2. The van der Waals surface area contributed by atoms with Crippen molar-refractivity contribution in [2.24, 2.45) is 5.92 Å². The number of nitrogens with zero attached hydrogens (tertiary/aromatic N) is 1. The highest BCUT2D eigenvalue weighted by molar-refractivity contribution is 4.81. The number of alkyl halides is 3. The Morgan fingerprint density at radius 1 is 1.31 bits per heavy atom. The third-order valence-corrected chi connectivity index (χ3v) is 3.34. The normalized spacial score (nSPS) is 24.8. The van der Waals surface area contributed by atoms with Crippen molar-refractivity contribution in [1.29, 1.82) is 0 Å². The largest absolute Gasteiger partial charge is 0.394 e. The minimum absolute atomic E-state index is 0.0557. The Kier molecular flexibility index (Phi) is 5.05. The summed E-state index contributed by atoms with van der Waals surface area (Å²) >= 11 is 0. The Bertz CT molecular complexity index is 202. The minimum atomic E-state index is -4.08. The Hall–Kier alpha value is -0.290. The summed E-state index contributed by atoms with van der Waals surface area (Å²) in [5.41, 5.74) is 0. The fourth-order valence-corrected chi connectivity index (χ4v) is 2.29. The SMILES string of the molecule is CCC(CC)N1CCNCC(C(F)(F)F)C1. The van der Waals surface area contributed by atoms with Crippen molar-refractivity contribution in [2.75, 3.05) is 26.2 Å². The van der Waals surface area contributed by atoms with E-state index in [4.69, 9.17) is 0 Å². The molecule has 1 rings (SSSR count). The van der Waals surface area contributed by atoms with E-state index in [9.17, 15) is 13.2 Å². The lowest BCUT2D eigenvalue weighted by Crippen LogP contribution is -2.42. The van der Waals surface area contributed by atoms with Crippen LogP contribution < -0.4 is 5.32 Å². The zero-order valence-corrected chi connectivity index (χ0v) is 9.98. The molecule has 16 heavy (non-hydrogen) atoms. The van der Waals surface area contributed by atoms with Crippen LogP contribution in [0.1, 0.15) is 26.7 Å². The van der Waals surface area contributed by atoms with Gasteiger partial charge in [0.2, 0.25) is 0 Å².